The highest BCUT2D eigenvalue weighted by Gasteiger charge is 2.22. The molecule has 1 fully saturated rings. The average molecular weight is 431 g/mol. The lowest BCUT2D eigenvalue weighted by molar-refractivity contribution is 0.0959. The summed E-state index contributed by atoms with van der Waals surface area (Å²) in [6.07, 6.45) is 8.22. The standard InChI is InChI=1S/C24H25N5O3/c1-16(18-5-6-22(26-13-18)32-21-7-9-29(2)10-8-21)24(31)23-19(14-27-28-23)4-3-17-11-20(30)15-25-12-17/h5-6,11-16,21,30H,7-10H2,1-2H3,(H,27,28)/t16-/m1/s1. The number of nitrogens with one attached hydrogen (secondary N) is 1. The number of hydrogen-bond donors (Lipinski definition) is 2. The summed E-state index contributed by atoms with van der Waals surface area (Å²) in [6.45, 7) is 3.87. The predicted octanol–water partition coefficient (Wildman–Crippen LogP) is 2.76. The number of likely N-dealkylation sites (tertiary alicyclic amines) is 1. The molecule has 0 saturated carbocycles. The van der Waals surface area contributed by atoms with Gasteiger partial charge in [-0.25, -0.2) is 4.98 Å². The van der Waals surface area contributed by atoms with Gasteiger partial charge in [-0.1, -0.05) is 24.8 Å². The minimum atomic E-state index is -0.427. The predicted molar refractivity (Wildman–Crippen MR) is 119 cm³/mol. The summed E-state index contributed by atoms with van der Waals surface area (Å²) in [5, 5.41) is 16.3. The van der Waals surface area contributed by atoms with Crippen LogP contribution in [-0.4, -0.2) is 62.2 Å². The third kappa shape index (κ3) is 5.13. The summed E-state index contributed by atoms with van der Waals surface area (Å²) in [5.41, 5.74) is 2.16. The number of H-pyrrole nitrogens is 1. The van der Waals surface area contributed by atoms with E-state index in [1.165, 1.54) is 24.7 Å². The summed E-state index contributed by atoms with van der Waals surface area (Å²) in [7, 11) is 2.11. The number of piperidine rings is 1. The molecule has 0 aromatic carbocycles. The number of aromatic nitrogens is 4. The molecule has 2 N–H and O–H groups in total. The molecule has 8 heteroatoms. The molecular weight excluding hydrogens is 406 g/mol. The van der Waals surface area contributed by atoms with Gasteiger partial charge in [0.2, 0.25) is 5.88 Å². The number of rotatable bonds is 5. The summed E-state index contributed by atoms with van der Waals surface area (Å²) in [4.78, 5) is 23.7. The van der Waals surface area contributed by atoms with Crippen molar-refractivity contribution in [3.63, 3.8) is 0 Å². The molecule has 1 saturated heterocycles. The average Bonchev–Trinajstić information content (AvgIpc) is 3.27. The van der Waals surface area contributed by atoms with Gasteiger partial charge < -0.3 is 14.7 Å². The lowest BCUT2D eigenvalue weighted by atomic mass is 9.95. The molecule has 164 valence electrons. The molecule has 0 spiro atoms. The summed E-state index contributed by atoms with van der Waals surface area (Å²) in [6, 6.07) is 5.20. The van der Waals surface area contributed by atoms with E-state index in [1.54, 1.807) is 6.20 Å². The Balaban J connectivity index is 1.44. The van der Waals surface area contributed by atoms with E-state index in [0.717, 1.165) is 31.5 Å². The Morgan fingerprint density at radius 1 is 1.22 bits per heavy atom. The third-order valence-corrected chi connectivity index (χ3v) is 5.56. The first kappa shape index (κ1) is 21.5. The molecule has 0 bridgehead atoms. The first-order valence-electron chi connectivity index (χ1n) is 10.5. The number of ketones is 1. The molecule has 0 amide bonds. The van der Waals surface area contributed by atoms with Crippen molar-refractivity contribution in [1.29, 1.82) is 0 Å². The second kappa shape index (κ2) is 9.62. The molecule has 0 aliphatic carbocycles. The van der Waals surface area contributed by atoms with Crippen molar-refractivity contribution in [3.8, 4) is 23.5 Å². The summed E-state index contributed by atoms with van der Waals surface area (Å²) < 4.78 is 5.99. The molecule has 1 aliphatic rings. The maximum absolute atomic E-state index is 13.1. The monoisotopic (exact) mass is 431 g/mol. The van der Waals surface area contributed by atoms with Crippen LogP contribution < -0.4 is 4.74 Å². The highest BCUT2D eigenvalue weighted by molar-refractivity contribution is 6.01. The van der Waals surface area contributed by atoms with Gasteiger partial charge in [0.25, 0.3) is 0 Å². The largest absolute Gasteiger partial charge is 0.506 e. The third-order valence-electron chi connectivity index (χ3n) is 5.56. The van der Waals surface area contributed by atoms with Crippen LogP contribution in [-0.2, 0) is 0 Å². The van der Waals surface area contributed by atoms with Crippen molar-refractivity contribution < 1.29 is 14.6 Å². The summed E-state index contributed by atoms with van der Waals surface area (Å²) in [5.74, 6) is 5.87. The number of ether oxygens (including phenoxy) is 1. The van der Waals surface area contributed by atoms with Crippen molar-refractivity contribution in [1.82, 2.24) is 25.1 Å². The maximum Gasteiger partial charge on any atom is 0.213 e. The summed E-state index contributed by atoms with van der Waals surface area (Å²) >= 11 is 0. The van der Waals surface area contributed by atoms with Gasteiger partial charge in [-0.2, -0.15) is 5.10 Å². The zero-order chi connectivity index (χ0) is 22.5. The van der Waals surface area contributed by atoms with Crippen LogP contribution in [0, 0.1) is 11.8 Å². The van der Waals surface area contributed by atoms with Crippen LogP contribution in [0.2, 0.25) is 0 Å². The Labute approximate surface area is 186 Å². The fourth-order valence-corrected chi connectivity index (χ4v) is 3.56. The highest BCUT2D eigenvalue weighted by Crippen LogP contribution is 2.23. The SMILES string of the molecule is C[C@@H](C(=O)c1[nH]ncc1C#Cc1cncc(O)c1)c1ccc(OC2CCN(C)CC2)nc1. The fourth-order valence-electron chi connectivity index (χ4n) is 3.56. The van der Waals surface area contributed by atoms with Crippen LogP contribution in [0.5, 0.6) is 11.6 Å². The van der Waals surface area contributed by atoms with E-state index in [-0.39, 0.29) is 17.6 Å². The first-order valence-corrected chi connectivity index (χ1v) is 10.5. The van der Waals surface area contributed by atoms with Crippen LogP contribution in [0.1, 0.15) is 52.9 Å². The number of pyridine rings is 2. The molecular formula is C24H25N5O3. The van der Waals surface area contributed by atoms with Crippen LogP contribution >= 0.6 is 0 Å². The molecule has 1 aliphatic heterocycles. The smallest absolute Gasteiger partial charge is 0.213 e. The van der Waals surface area contributed by atoms with Gasteiger partial charge in [-0.15, -0.1) is 0 Å². The van der Waals surface area contributed by atoms with Crippen LogP contribution in [0.4, 0.5) is 0 Å². The zero-order valence-electron chi connectivity index (χ0n) is 18.1. The van der Waals surface area contributed by atoms with Crippen LogP contribution in [0.25, 0.3) is 0 Å². The zero-order valence-corrected chi connectivity index (χ0v) is 18.1. The number of carbonyl (C=O) groups excluding carboxylic acids is 1. The van der Waals surface area contributed by atoms with Crippen molar-refractivity contribution >= 4 is 5.78 Å². The first-order chi connectivity index (χ1) is 15.5. The topological polar surface area (TPSA) is 104 Å². The Morgan fingerprint density at radius 3 is 2.75 bits per heavy atom. The van der Waals surface area contributed by atoms with Gasteiger partial charge in [-0.05, 0) is 31.5 Å². The van der Waals surface area contributed by atoms with Gasteiger partial charge in [-0.3, -0.25) is 14.9 Å². The van der Waals surface area contributed by atoms with E-state index >= 15 is 0 Å². The molecule has 1 atom stereocenters. The van der Waals surface area contributed by atoms with E-state index in [4.69, 9.17) is 4.74 Å². The molecule has 8 nitrogen and oxygen atoms in total. The Kier molecular flexibility index (Phi) is 6.47. The minimum absolute atomic E-state index is 0.0321. The molecule has 4 heterocycles. The van der Waals surface area contributed by atoms with Gasteiger partial charge in [0.15, 0.2) is 5.78 Å². The van der Waals surface area contributed by atoms with E-state index in [0.29, 0.717) is 22.7 Å². The quantitative estimate of drug-likeness (QED) is 0.473. The number of nitrogens with zero attached hydrogens (tertiary/aromatic N) is 4. The normalized spacial score (nSPS) is 15.6. The highest BCUT2D eigenvalue weighted by atomic mass is 16.5. The minimum Gasteiger partial charge on any atom is -0.506 e. The van der Waals surface area contributed by atoms with Crippen molar-refractivity contribution in [2.75, 3.05) is 20.1 Å². The number of carbonyl (C=O) groups is 1. The van der Waals surface area contributed by atoms with E-state index in [1.807, 2.05) is 19.1 Å². The number of aromatic hydroxyl groups is 1. The van der Waals surface area contributed by atoms with Gasteiger partial charge in [0, 0.05) is 43.0 Å². The van der Waals surface area contributed by atoms with Crippen LogP contribution in [0.15, 0.2) is 43.0 Å². The van der Waals surface area contributed by atoms with Crippen molar-refractivity contribution in [2.45, 2.75) is 31.8 Å². The molecule has 3 aromatic rings. The van der Waals surface area contributed by atoms with Crippen LogP contribution in [0.3, 0.4) is 0 Å². The number of aromatic amines is 1. The maximum atomic E-state index is 13.1. The fraction of sp³-hybridized carbons (Fsp3) is 0.333. The van der Waals surface area contributed by atoms with E-state index < -0.39 is 5.92 Å². The van der Waals surface area contributed by atoms with Crippen molar-refractivity contribution in [2.24, 2.45) is 0 Å². The van der Waals surface area contributed by atoms with Gasteiger partial charge >= 0.3 is 0 Å². The van der Waals surface area contributed by atoms with Gasteiger partial charge in [0.05, 0.1) is 18.0 Å². The lowest BCUT2D eigenvalue weighted by Crippen LogP contribution is -2.35. The van der Waals surface area contributed by atoms with Crippen molar-refractivity contribution in [3.05, 3.63) is 65.4 Å². The van der Waals surface area contributed by atoms with E-state index in [9.17, 15) is 9.90 Å². The molecule has 0 unspecified atom stereocenters. The second-order valence-electron chi connectivity index (χ2n) is 7.98. The molecule has 32 heavy (non-hydrogen) atoms. The van der Waals surface area contributed by atoms with Gasteiger partial charge in [0.1, 0.15) is 17.5 Å². The Bertz CT molecular complexity index is 1140. The number of Topliss-reactive ketones (excluding diaryl/α,β-unsaturated/α-hetero) is 1. The number of hydrogen-bond acceptors (Lipinski definition) is 7. The second-order valence-corrected chi connectivity index (χ2v) is 7.98. The van der Waals surface area contributed by atoms with E-state index in [2.05, 4.69) is 44.0 Å². The lowest BCUT2D eigenvalue weighted by Gasteiger charge is -2.28. The Morgan fingerprint density at radius 2 is 2.03 bits per heavy atom. The molecule has 0 radical (unpaired) electrons. The molecule has 3 aromatic heterocycles. The molecule has 4 rings (SSSR count). The Hall–Kier alpha value is -3.70.